The third-order valence-electron chi connectivity index (χ3n) is 4.01. The molecule has 1 aliphatic rings. The molecule has 1 aromatic rings. The number of amides is 2. The smallest absolute Gasteiger partial charge is 0.330 e. The summed E-state index contributed by atoms with van der Waals surface area (Å²) in [5.74, 6) is 0. The van der Waals surface area contributed by atoms with Crippen molar-refractivity contribution in [2.45, 2.75) is 38.4 Å². The summed E-state index contributed by atoms with van der Waals surface area (Å²) in [5, 5.41) is 14.5. The van der Waals surface area contributed by atoms with Gasteiger partial charge >= 0.3 is 6.03 Å². The molecule has 0 radical (unpaired) electrons. The van der Waals surface area contributed by atoms with Gasteiger partial charge in [-0.1, -0.05) is 35.3 Å². The number of hydrogen-bond acceptors (Lipinski definition) is 3. The lowest BCUT2D eigenvalue weighted by molar-refractivity contribution is -0.133. The zero-order valence-corrected chi connectivity index (χ0v) is 14.2. The van der Waals surface area contributed by atoms with Gasteiger partial charge in [0.05, 0.1) is 16.1 Å². The number of likely N-dealkylation sites (tertiary alicyclic amines) is 1. The van der Waals surface area contributed by atoms with E-state index in [0.29, 0.717) is 15.6 Å². The Morgan fingerprint density at radius 1 is 1.45 bits per heavy atom. The van der Waals surface area contributed by atoms with Crippen LogP contribution >= 0.6 is 23.2 Å². The predicted molar refractivity (Wildman–Crippen MR) is 87.3 cm³/mol. The van der Waals surface area contributed by atoms with Crippen molar-refractivity contribution in [3.8, 4) is 0 Å². The number of nitrogens with zero attached hydrogens (tertiary/aromatic N) is 2. The van der Waals surface area contributed by atoms with Crippen LogP contribution in [0.3, 0.4) is 0 Å². The lowest BCUT2D eigenvalue weighted by Crippen LogP contribution is -2.53. The average Bonchev–Trinajstić information content (AvgIpc) is 2.49. The minimum absolute atomic E-state index is 0.296. The Morgan fingerprint density at radius 3 is 2.86 bits per heavy atom. The second-order valence-electron chi connectivity index (χ2n) is 5.62. The normalized spacial score (nSPS) is 20.5. The summed E-state index contributed by atoms with van der Waals surface area (Å²) in [7, 11) is 1.90. The zero-order valence-electron chi connectivity index (χ0n) is 12.7. The number of piperidine rings is 1. The molecule has 1 fully saturated rings. The topological polar surface area (TPSA) is 55.8 Å². The van der Waals surface area contributed by atoms with Crippen molar-refractivity contribution in [3.63, 3.8) is 0 Å². The van der Waals surface area contributed by atoms with Crippen molar-refractivity contribution in [3.05, 3.63) is 33.8 Å². The second kappa shape index (κ2) is 7.51. The molecule has 2 amide bonds. The largest absolute Gasteiger partial charge is 0.343 e. The molecular formula is C15H21Cl2N3O2. The highest BCUT2D eigenvalue weighted by Crippen LogP contribution is 2.30. The Kier molecular flexibility index (Phi) is 5.92. The van der Waals surface area contributed by atoms with Crippen molar-refractivity contribution in [1.29, 1.82) is 0 Å². The summed E-state index contributed by atoms with van der Waals surface area (Å²) in [6.07, 6.45) is 2.54. The van der Waals surface area contributed by atoms with E-state index < -0.39 is 6.03 Å². The van der Waals surface area contributed by atoms with E-state index >= 15 is 0 Å². The molecule has 0 aliphatic carbocycles. The number of urea groups is 1. The van der Waals surface area contributed by atoms with Crippen LogP contribution in [0.15, 0.2) is 18.2 Å². The van der Waals surface area contributed by atoms with Crippen LogP contribution in [0.1, 0.15) is 37.8 Å². The molecule has 122 valence electrons. The predicted octanol–water partition coefficient (Wildman–Crippen LogP) is 3.90. The zero-order chi connectivity index (χ0) is 16.3. The molecular weight excluding hydrogens is 325 g/mol. The van der Waals surface area contributed by atoms with Gasteiger partial charge in [-0.05, 0) is 51.4 Å². The number of nitrogens with one attached hydrogen (secondary N) is 1. The highest BCUT2D eigenvalue weighted by atomic mass is 35.5. The highest BCUT2D eigenvalue weighted by molar-refractivity contribution is 6.42. The Hall–Kier alpha value is -1.01. The summed E-state index contributed by atoms with van der Waals surface area (Å²) in [6.45, 7) is 2.67. The molecule has 0 aromatic heterocycles. The van der Waals surface area contributed by atoms with Crippen molar-refractivity contribution >= 4 is 29.2 Å². The van der Waals surface area contributed by atoms with E-state index in [0.717, 1.165) is 30.9 Å². The van der Waals surface area contributed by atoms with Gasteiger partial charge in [-0.15, -0.1) is 0 Å². The molecule has 0 saturated carbocycles. The fourth-order valence-electron chi connectivity index (χ4n) is 2.69. The first kappa shape index (κ1) is 17.3. The third kappa shape index (κ3) is 3.84. The lowest BCUT2D eigenvalue weighted by Gasteiger charge is -2.37. The van der Waals surface area contributed by atoms with E-state index in [9.17, 15) is 10.0 Å². The number of carbonyl (C=O) groups is 1. The maximum absolute atomic E-state index is 12.2. The highest BCUT2D eigenvalue weighted by Gasteiger charge is 2.29. The molecule has 0 spiro atoms. The Bertz CT molecular complexity index is 542. The van der Waals surface area contributed by atoms with E-state index in [-0.39, 0.29) is 12.2 Å². The Morgan fingerprint density at radius 2 is 2.18 bits per heavy atom. The molecule has 1 aromatic carbocycles. The van der Waals surface area contributed by atoms with Crippen LogP contribution < -0.4 is 5.32 Å². The van der Waals surface area contributed by atoms with E-state index in [1.807, 2.05) is 11.9 Å². The number of hydrogen-bond donors (Lipinski definition) is 2. The molecule has 7 heteroatoms. The van der Waals surface area contributed by atoms with Gasteiger partial charge in [0.15, 0.2) is 0 Å². The Labute approximate surface area is 140 Å². The van der Waals surface area contributed by atoms with Crippen LogP contribution in [0.2, 0.25) is 10.0 Å². The molecule has 1 saturated heterocycles. The molecule has 2 rings (SSSR count). The van der Waals surface area contributed by atoms with E-state index in [4.69, 9.17) is 23.2 Å². The number of benzene rings is 1. The molecule has 5 nitrogen and oxygen atoms in total. The molecule has 22 heavy (non-hydrogen) atoms. The maximum atomic E-state index is 12.2. The van der Waals surface area contributed by atoms with Crippen LogP contribution in [0.25, 0.3) is 0 Å². The molecule has 2 atom stereocenters. The number of carbonyl (C=O) groups excluding carboxylic acids is 1. The monoisotopic (exact) mass is 345 g/mol. The standard InChI is InChI=1S/C15H21Cl2N3O2/c1-10(11-6-5-7-12(16)14(11)17)18-15(21)20(22)13-8-3-4-9-19(13)2/h5-7,10,13,22H,3-4,8-9H2,1-2H3,(H,18,21)/t10?,13-/m0/s1. The summed E-state index contributed by atoms with van der Waals surface area (Å²) in [6, 6.07) is 4.37. The first-order chi connectivity index (χ1) is 10.4. The molecule has 1 aliphatic heterocycles. The second-order valence-corrected chi connectivity index (χ2v) is 6.40. The fraction of sp³-hybridized carbons (Fsp3) is 0.533. The van der Waals surface area contributed by atoms with Crippen LogP contribution in [0, 0.1) is 0 Å². The van der Waals surface area contributed by atoms with E-state index in [2.05, 4.69) is 5.32 Å². The summed E-state index contributed by atoms with van der Waals surface area (Å²) in [4.78, 5) is 14.2. The Balaban J connectivity index is 2.02. The molecule has 2 N–H and O–H groups in total. The van der Waals surface area contributed by atoms with Gasteiger partial charge in [0.1, 0.15) is 6.17 Å². The summed E-state index contributed by atoms with van der Waals surface area (Å²) < 4.78 is 0. The van der Waals surface area contributed by atoms with Gasteiger partial charge in [-0.3, -0.25) is 10.1 Å². The quantitative estimate of drug-likeness (QED) is 0.645. The lowest BCUT2D eigenvalue weighted by atomic mass is 10.1. The summed E-state index contributed by atoms with van der Waals surface area (Å²) >= 11 is 12.1. The number of rotatable bonds is 3. The maximum Gasteiger partial charge on any atom is 0.343 e. The first-order valence-corrected chi connectivity index (χ1v) is 8.10. The SMILES string of the molecule is CC(NC(=O)N(O)[C@H]1CCCCN1C)c1cccc(Cl)c1Cl. The third-order valence-corrected chi connectivity index (χ3v) is 4.84. The van der Waals surface area contributed by atoms with Crippen LogP contribution in [0.4, 0.5) is 4.79 Å². The average molecular weight is 346 g/mol. The van der Waals surface area contributed by atoms with Crippen LogP contribution in [-0.2, 0) is 0 Å². The number of halogens is 2. The minimum atomic E-state index is -0.540. The van der Waals surface area contributed by atoms with Gasteiger partial charge in [0.25, 0.3) is 0 Å². The minimum Gasteiger partial charge on any atom is -0.330 e. The molecule has 1 heterocycles. The van der Waals surface area contributed by atoms with Gasteiger partial charge in [0.2, 0.25) is 0 Å². The number of hydroxylamine groups is 2. The van der Waals surface area contributed by atoms with Crippen molar-refractivity contribution in [1.82, 2.24) is 15.3 Å². The van der Waals surface area contributed by atoms with Gasteiger partial charge in [0, 0.05) is 0 Å². The first-order valence-electron chi connectivity index (χ1n) is 7.34. The van der Waals surface area contributed by atoms with Crippen molar-refractivity contribution in [2.75, 3.05) is 13.6 Å². The van der Waals surface area contributed by atoms with Crippen molar-refractivity contribution < 1.29 is 10.0 Å². The van der Waals surface area contributed by atoms with Crippen LogP contribution in [0.5, 0.6) is 0 Å². The molecule has 0 bridgehead atoms. The van der Waals surface area contributed by atoms with E-state index in [1.54, 1.807) is 25.1 Å². The fourth-order valence-corrected chi connectivity index (χ4v) is 3.16. The molecule has 1 unspecified atom stereocenters. The van der Waals surface area contributed by atoms with E-state index in [1.165, 1.54) is 0 Å². The van der Waals surface area contributed by atoms with Crippen molar-refractivity contribution in [2.24, 2.45) is 0 Å². The van der Waals surface area contributed by atoms with Gasteiger partial charge in [-0.2, -0.15) is 5.06 Å². The van der Waals surface area contributed by atoms with Gasteiger partial charge < -0.3 is 5.32 Å². The van der Waals surface area contributed by atoms with Gasteiger partial charge in [-0.25, -0.2) is 4.79 Å². The van der Waals surface area contributed by atoms with Crippen LogP contribution in [-0.4, -0.2) is 41.0 Å². The summed E-state index contributed by atoms with van der Waals surface area (Å²) in [5.41, 5.74) is 0.716.